The minimum Gasteiger partial charge on any atom is -0.360 e. The molecule has 3 aromatic rings. The van der Waals surface area contributed by atoms with Crippen LogP contribution in [-0.4, -0.2) is 10.8 Å². The van der Waals surface area contributed by atoms with Crippen molar-refractivity contribution in [1.82, 2.24) is 4.98 Å². The molecule has 0 radical (unpaired) electrons. The SMILES string of the molecule is O=C(c1ccc(F)c(Br)c1)c1c[nH]c2ccc(Br)cc12. The molecule has 0 aliphatic carbocycles. The van der Waals surface area contributed by atoms with Crippen LogP contribution in [0.2, 0.25) is 0 Å². The van der Waals surface area contributed by atoms with Gasteiger partial charge in [-0.2, -0.15) is 0 Å². The van der Waals surface area contributed by atoms with Crippen LogP contribution in [0.1, 0.15) is 15.9 Å². The normalized spacial score (nSPS) is 10.9. The van der Waals surface area contributed by atoms with Crippen LogP contribution in [0.25, 0.3) is 10.9 Å². The summed E-state index contributed by atoms with van der Waals surface area (Å²) in [7, 11) is 0. The van der Waals surface area contributed by atoms with Gasteiger partial charge in [-0.3, -0.25) is 4.79 Å². The lowest BCUT2D eigenvalue weighted by molar-refractivity contribution is 0.104. The van der Waals surface area contributed by atoms with Crippen LogP contribution in [0.15, 0.2) is 51.5 Å². The van der Waals surface area contributed by atoms with Crippen molar-refractivity contribution in [3.8, 4) is 0 Å². The number of carbonyl (C=O) groups excluding carboxylic acids is 1. The fourth-order valence-electron chi connectivity index (χ4n) is 2.07. The van der Waals surface area contributed by atoms with Gasteiger partial charge in [-0.1, -0.05) is 15.9 Å². The molecule has 2 aromatic carbocycles. The summed E-state index contributed by atoms with van der Waals surface area (Å²) in [6.07, 6.45) is 1.68. The van der Waals surface area contributed by atoms with Gasteiger partial charge in [0.15, 0.2) is 5.78 Å². The van der Waals surface area contributed by atoms with E-state index < -0.39 is 0 Å². The Kier molecular flexibility index (Phi) is 3.48. The highest BCUT2D eigenvalue weighted by Crippen LogP contribution is 2.26. The summed E-state index contributed by atoms with van der Waals surface area (Å²) in [5.74, 6) is -0.529. The zero-order valence-electron chi connectivity index (χ0n) is 10.1. The van der Waals surface area contributed by atoms with E-state index in [0.717, 1.165) is 15.4 Å². The predicted octanol–water partition coefficient (Wildman–Crippen LogP) is 5.06. The number of aromatic amines is 1. The van der Waals surface area contributed by atoms with Crippen LogP contribution in [-0.2, 0) is 0 Å². The summed E-state index contributed by atoms with van der Waals surface area (Å²) in [6.45, 7) is 0. The number of hydrogen-bond acceptors (Lipinski definition) is 1. The fraction of sp³-hybridized carbons (Fsp3) is 0. The third kappa shape index (κ3) is 2.31. The van der Waals surface area contributed by atoms with Crippen LogP contribution in [0.4, 0.5) is 4.39 Å². The monoisotopic (exact) mass is 395 g/mol. The van der Waals surface area contributed by atoms with Crippen LogP contribution in [0.3, 0.4) is 0 Å². The second-order valence-electron chi connectivity index (χ2n) is 4.35. The van der Waals surface area contributed by atoms with Crippen LogP contribution in [0, 0.1) is 5.82 Å². The minimum absolute atomic E-state index is 0.143. The Bertz CT molecular complexity index is 826. The first kappa shape index (κ1) is 13.5. The first-order valence-corrected chi connectivity index (χ1v) is 7.41. The van der Waals surface area contributed by atoms with Gasteiger partial charge in [0.25, 0.3) is 0 Å². The summed E-state index contributed by atoms with van der Waals surface area (Å²) < 4.78 is 14.4. The second-order valence-corrected chi connectivity index (χ2v) is 6.12. The Hall–Kier alpha value is -1.46. The quantitative estimate of drug-likeness (QED) is 0.603. The van der Waals surface area contributed by atoms with Gasteiger partial charge < -0.3 is 4.98 Å². The topological polar surface area (TPSA) is 32.9 Å². The van der Waals surface area contributed by atoms with Crippen molar-refractivity contribution < 1.29 is 9.18 Å². The molecule has 0 amide bonds. The molecule has 0 saturated carbocycles. The van der Waals surface area contributed by atoms with Crippen molar-refractivity contribution in [2.45, 2.75) is 0 Å². The number of fused-ring (bicyclic) bond motifs is 1. The van der Waals surface area contributed by atoms with E-state index in [4.69, 9.17) is 0 Å². The van der Waals surface area contributed by atoms with E-state index in [0.29, 0.717) is 11.1 Å². The molecule has 1 heterocycles. The van der Waals surface area contributed by atoms with Gasteiger partial charge in [-0.05, 0) is 52.3 Å². The lowest BCUT2D eigenvalue weighted by Gasteiger charge is -2.02. The molecule has 0 aliphatic rings. The maximum atomic E-state index is 13.2. The molecule has 100 valence electrons. The van der Waals surface area contributed by atoms with Crippen LogP contribution < -0.4 is 0 Å². The van der Waals surface area contributed by atoms with E-state index in [1.807, 2.05) is 18.2 Å². The van der Waals surface area contributed by atoms with Crippen molar-refractivity contribution >= 4 is 48.5 Å². The Morgan fingerprint density at radius 2 is 1.90 bits per heavy atom. The van der Waals surface area contributed by atoms with E-state index in [1.165, 1.54) is 18.2 Å². The number of H-pyrrole nitrogens is 1. The van der Waals surface area contributed by atoms with Gasteiger partial charge in [0.2, 0.25) is 0 Å². The molecular formula is C15H8Br2FNO. The predicted molar refractivity (Wildman–Crippen MR) is 83.5 cm³/mol. The van der Waals surface area contributed by atoms with Gasteiger partial charge in [0, 0.05) is 32.7 Å². The average Bonchev–Trinajstić information content (AvgIpc) is 2.84. The first-order valence-electron chi connectivity index (χ1n) is 5.82. The molecule has 0 unspecified atom stereocenters. The number of hydrogen-bond donors (Lipinski definition) is 1. The molecule has 2 nitrogen and oxygen atoms in total. The molecule has 1 aromatic heterocycles. The zero-order chi connectivity index (χ0) is 14.3. The van der Waals surface area contributed by atoms with E-state index in [1.54, 1.807) is 6.20 Å². The highest BCUT2D eigenvalue weighted by Gasteiger charge is 2.15. The van der Waals surface area contributed by atoms with Crippen LogP contribution in [0.5, 0.6) is 0 Å². The Labute approximate surface area is 131 Å². The van der Waals surface area contributed by atoms with Crippen molar-refractivity contribution in [3.05, 3.63) is 68.5 Å². The molecule has 1 N–H and O–H groups in total. The van der Waals surface area contributed by atoms with Crippen molar-refractivity contribution in [3.63, 3.8) is 0 Å². The Morgan fingerprint density at radius 1 is 1.10 bits per heavy atom. The zero-order valence-corrected chi connectivity index (χ0v) is 13.3. The van der Waals surface area contributed by atoms with E-state index in [2.05, 4.69) is 36.8 Å². The standard InChI is InChI=1S/C15H8Br2FNO/c16-9-2-4-14-10(6-9)11(7-19-14)15(20)8-1-3-13(18)12(17)5-8/h1-7,19H. The van der Waals surface area contributed by atoms with E-state index in [9.17, 15) is 9.18 Å². The van der Waals surface area contributed by atoms with Gasteiger partial charge in [0.05, 0.1) is 4.47 Å². The summed E-state index contributed by atoms with van der Waals surface area (Å²) in [5.41, 5.74) is 1.90. The van der Waals surface area contributed by atoms with Crippen LogP contribution >= 0.6 is 31.9 Å². The lowest BCUT2D eigenvalue weighted by Crippen LogP contribution is -2.00. The summed E-state index contributed by atoms with van der Waals surface area (Å²) in [5, 5.41) is 0.838. The number of ketones is 1. The number of aromatic nitrogens is 1. The molecule has 0 spiro atoms. The molecule has 0 bridgehead atoms. The lowest BCUT2D eigenvalue weighted by atomic mass is 10.0. The largest absolute Gasteiger partial charge is 0.360 e. The summed E-state index contributed by atoms with van der Waals surface area (Å²) in [4.78, 5) is 15.6. The fourth-order valence-corrected chi connectivity index (χ4v) is 2.81. The summed E-state index contributed by atoms with van der Waals surface area (Å²) in [6, 6.07) is 9.95. The van der Waals surface area contributed by atoms with E-state index >= 15 is 0 Å². The van der Waals surface area contributed by atoms with E-state index in [-0.39, 0.29) is 16.1 Å². The minimum atomic E-state index is -0.386. The van der Waals surface area contributed by atoms with Gasteiger partial charge in [0.1, 0.15) is 5.82 Å². The molecule has 5 heteroatoms. The van der Waals surface area contributed by atoms with Crippen molar-refractivity contribution in [1.29, 1.82) is 0 Å². The van der Waals surface area contributed by atoms with Crippen molar-refractivity contribution in [2.75, 3.05) is 0 Å². The third-order valence-electron chi connectivity index (χ3n) is 3.07. The van der Waals surface area contributed by atoms with Gasteiger partial charge in [-0.25, -0.2) is 4.39 Å². The maximum absolute atomic E-state index is 13.2. The van der Waals surface area contributed by atoms with Gasteiger partial charge >= 0.3 is 0 Å². The molecule has 3 rings (SSSR count). The number of rotatable bonds is 2. The molecule has 0 fully saturated rings. The number of benzene rings is 2. The Morgan fingerprint density at radius 3 is 2.65 bits per heavy atom. The maximum Gasteiger partial charge on any atom is 0.195 e. The summed E-state index contributed by atoms with van der Waals surface area (Å²) >= 11 is 6.49. The van der Waals surface area contributed by atoms with Gasteiger partial charge in [-0.15, -0.1) is 0 Å². The second kappa shape index (κ2) is 5.14. The number of carbonyl (C=O) groups is 1. The Balaban J connectivity index is 2.12. The highest BCUT2D eigenvalue weighted by atomic mass is 79.9. The number of halogens is 3. The number of nitrogens with one attached hydrogen (secondary N) is 1. The smallest absolute Gasteiger partial charge is 0.195 e. The molecule has 0 saturated heterocycles. The average molecular weight is 397 g/mol. The molecular weight excluding hydrogens is 389 g/mol. The molecule has 0 atom stereocenters. The van der Waals surface area contributed by atoms with Crippen molar-refractivity contribution in [2.24, 2.45) is 0 Å². The third-order valence-corrected chi connectivity index (χ3v) is 4.17. The molecule has 20 heavy (non-hydrogen) atoms. The highest BCUT2D eigenvalue weighted by molar-refractivity contribution is 9.10. The molecule has 0 aliphatic heterocycles. The first-order chi connectivity index (χ1) is 9.56.